The van der Waals surface area contributed by atoms with Crippen LogP contribution in [-0.4, -0.2) is 83.0 Å². The Labute approximate surface area is 289 Å². The Balaban J connectivity index is 1.17. The minimum Gasteiger partial charge on any atom is -0.357 e. The maximum atomic E-state index is 14.1. The molecule has 260 valence electrons. The first kappa shape index (κ1) is 34.7. The predicted octanol–water partition coefficient (Wildman–Crippen LogP) is 4.55. The molecule has 0 saturated carbocycles. The van der Waals surface area contributed by atoms with Gasteiger partial charge in [-0.25, -0.2) is 9.97 Å². The lowest BCUT2D eigenvalue weighted by molar-refractivity contribution is -0.138. The van der Waals surface area contributed by atoms with Crippen molar-refractivity contribution in [2.24, 2.45) is 7.05 Å². The summed E-state index contributed by atoms with van der Waals surface area (Å²) in [6.45, 7) is 2.19. The van der Waals surface area contributed by atoms with E-state index < -0.39 is 17.6 Å². The van der Waals surface area contributed by atoms with Crippen molar-refractivity contribution in [3.63, 3.8) is 0 Å². The molecule has 10 nitrogen and oxygen atoms in total. The maximum Gasteiger partial charge on any atom is 0.416 e. The molecule has 0 spiro atoms. The van der Waals surface area contributed by atoms with Crippen LogP contribution in [0.5, 0.6) is 0 Å². The van der Waals surface area contributed by atoms with Gasteiger partial charge in [-0.2, -0.15) is 13.2 Å². The van der Waals surface area contributed by atoms with Gasteiger partial charge in [-0.1, -0.05) is 30.0 Å². The summed E-state index contributed by atoms with van der Waals surface area (Å²) in [5.74, 6) is 6.11. The molecule has 2 amide bonds. The van der Waals surface area contributed by atoms with E-state index in [9.17, 15) is 22.8 Å². The van der Waals surface area contributed by atoms with Gasteiger partial charge < -0.3 is 25.4 Å². The summed E-state index contributed by atoms with van der Waals surface area (Å²) < 4.78 is 44.3. The lowest BCUT2D eigenvalue weighted by atomic mass is 10.0. The Hall–Kier alpha value is -5.19. The number of nitrogens with one attached hydrogen (secondary N) is 3. The Bertz CT molecular complexity index is 1990. The first-order valence-electron chi connectivity index (χ1n) is 16.4. The number of likely N-dealkylation sites (tertiary alicyclic amines) is 1. The maximum absolute atomic E-state index is 14.1. The van der Waals surface area contributed by atoms with Crippen LogP contribution in [-0.2, 0) is 37.4 Å². The van der Waals surface area contributed by atoms with E-state index in [2.05, 4.69) is 42.7 Å². The van der Waals surface area contributed by atoms with Crippen molar-refractivity contribution < 1.29 is 22.8 Å². The molecule has 2 aliphatic rings. The zero-order valence-corrected chi connectivity index (χ0v) is 28.4. The second-order valence-electron chi connectivity index (χ2n) is 12.8. The fraction of sp³-hybridized carbons (Fsp3) is 0.351. The quantitative estimate of drug-likeness (QED) is 0.234. The minimum atomic E-state index is -4.56. The van der Waals surface area contributed by atoms with Gasteiger partial charge in [-0.05, 0) is 62.0 Å². The van der Waals surface area contributed by atoms with Gasteiger partial charge in [-0.3, -0.25) is 14.5 Å². The summed E-state index contributed by atoms with van der Waals surface area (Å²) in [5, 5.41) is 8.46. The molecule has 6 rings (SSSR count). The number of amides is 2. The third-order valence-corrected chi connectivity index (χ3v) is 9.21. The van der Waals surface area contributed by atoms with E-state index in [-0.39, 0.29) is 30.1 Å². The molecule has 1 saturated heterocycles. The SMILES string of the molecule is CNc1ncc(C#Cc2cccc(CC(=O)Nc3ccc(CN4CC[C@H](N(C)C)C4)c(C(F)(F)F)c3)c2)c(-c2cc3c(n2C)CCNC3=O)n1. The predicted molar refractivity (Wildman–Crippen MR) is 186 cm³/mol. The van der Waals surface area contributed by atoms with Gasteiger partial charge in [0.2, 0.25) is 11.9 Å². The number of hydrogen-bond donors (Lipinski definition) is 3. The van der Waals surface area contributed by atoms with Gasteiger partial charge in [0.25, 0.3) is 5.91 Å². The van der Waals surface area contributed by atoms with Crippen LogP contribution in [0.1, 0.15) is 50.3 Å². The monoisotopic (exact) mass is 684 g/mol. The van der Waals surface area contributed by atoms with E-state index in [4.69, 9.17) is 0 Å². The highest BCUT2D eigenvalue weighted by molar-refractivity contribution is 5.98. The molecule has 13 heteroatoms. The number of fused-ring (bicyclic) bond motifs is 1. The molecule has 50 heavy (non-hydrogen) atoms. The zero-order chi connectivity index (χ0) is 35.6. The Kier molecular flexibility index (Phi) is 9.95. The average molecular weight is 685 g/mol. The van der Waals surface area contributed by atoms with E-state index in [1.807, 2.05) is 36.7 Å². The van der Waals surface area contributed by atoms with Gasteiger partial charge in [0.1, 0.15) is 5.69 Å². The third-order valence-electron chi connectivity index (χ3n) is 9.21. The number of hydrogen-bond acceptors (Lipinski definition) is 7. The molecule has 0 radical (unpaired) electrons. The van der Waals surface area contributed by atoms with Gasteiger partial charge in [0, 0.05) is 75.9 Å². The smallest absolute Gasteiger partial charge is 0.357 e. The van der Waals surface area contributed by atoms with Crippen LogP contribution < -0.4 is 16.0 Å². The topological polar surface area (TPSA) is 107 Å². The molecule has 4 aromatic rings. The van der Waals surface area contributed by atoms with Crippen LogP contribution in [0.2, 0.25) is 0 Å². The van der Waals surface area contributed by atoms with Crippen molar-refractivity contribution in [2.45, 2.75) is 38.0 Å². The summed E-state index contributed by atoms with van der Waals surface area (Å²) >= 11 is 0. The van der Waals surface area contributed by atoms with Gasteiger partial charge in [0.05, 0.1) is 28.8 Å². The van der Waals surface area contributed by atoms with Gasteiger partial charge >= 0.3 is 6.18 Å². The second kappa shape index (κ2) is 14.3. The third kappa shape index (κ3) is 7.66. The van der Waals surface area contributed by atoms with Crippen molar-refractivity contribution in [2.75, 3.05) is 51.4 Å². The number of aromatic nitrogens is 3. The number of likely N-dealkylation sites (N-methyl/N-ethyl adjacent to an activating group) is 1. The average Bonchev–Trinajstić information content (AvgIpc) is 3.69. The fourth-order valence-corrected chi connectivity index (χ4v) is 6.51. The number of anilines is 2. The number of carbonyl (C=O) groups is 2. The lowest BCUT2D eigenvalue weighted by Gasteiger charge is -2.22. The molecule has 4 heterocycles. The number of benzene rings is 2. The van der Waals surface area contributed by atoms with Crippen molar-refractivity contribution in [3.8, 4) is 23.2 Å². The zero-order valence-electron chi connectivity index (χ0n) is 28.4. The number of halogens is 3. The highest BCUT2D eigenvalue weighted by Crippen LogP contribution is 2.35. The first-order chi connectivity index (χ1) is 23.9. The van der Waals surface area contributed by atoms with Gasteiger partial charge in [-0.15, -0.1) is 0 Å². The van der Waals surface area contributed by atoms with Crippen molar-refractivity contribution in [1.82, 2.24) is 29.7 Å². The lowest BCUT2D eigenvalue weighted by Crippen LogP contribution is -2.31. The highest BCUT2D eigenvalue weighted by atomic mass is 19.4. The van der Waals surface area contributed by atoms with Crippen LogP contribution >= 0.6 is 0 Å². The molecule has 1 fully saturated rings. The van der Waals surface area contributed by atoms with E-state index in [1.54, 1.807) is 37.5 Å². The number of rotatable bonds is 8. The molecule has 0 aliphatic carbocycles. The number of alkyl halides is 3. The molecule has 2 aromatic carbocycles. The van der Waals surface area contributed by atoms with Crippen molar-refractivity contribution in [3.05, 3.63) is 93.8 Å². The molecule has 3 N–H and O–H groups in total. The molecule has 2 aliphatic heterocycles. The molecular weight excluding hydrogens is 645 g/mol. The van der Waals surface area contributed by atoms with Crippen LogP contribution in [0.3, 0.4) is 0 Å². The molecular formula is C37H39F3N8O2. The largest absolute Gasteiger partial charge is 0.416 e. The molecule has 2 aromatic heterocycles. The normalized spacial score (nSPS) is 16.1. The summed E-state index contributed by atoms with van der Waals surface area (Å²) in [6, 6.07) is 13.2. The highest BCUT2D eigenvalue weighted by Gasteiger charge is 2.35. The summed E-state index contributed by atoms with van der Waals surface area (Å²) in [7, 11) is 7.57. The van der Waals surface area contributed by atoms with E-state index in [1.165, 1.54) is 12.1 Å². The number of carbonyl (C=O) groups excluding carboxylic acids is 2. The van der Waals surface area contributed by atoms with Crippen molar-refractivity contribution in [1.29, 1.82) is 0 Å². The van der Waals surface area contributed by atoms with Crippen LogP contribution in [0, 0.1) is 11.8 Å². The van der Waals surface area contributed by atoms with Crippen LogP contribution in [0.15, 0.2) is 54.7 Å². The molecule has 1 atom stereocenters. The summed E-state index contributed by atoms with van der Waals surface area (Å²) in [5.41, 5.74) is 4.19. The standard InChI is InChI=1S/C37H39F3N8O2/c1-41-36-43-20-25(34(45-36)32-19-29-31(47(32)4)12-14-42-35(29)50)9-8-23-6-5-7-24(16-23)17-33(49)44-27-11-10-26(30(18-27)37(38,39)40)21-48-15-13-28(22-48)46(2)3/h5-7,10-11,16,18-20,28H,12-15,17,21-22H2,1-4H3,(H,42,50)(H,44,49)(H,41,43,45)/t28-/m0/s1. The number of nitrogens with zero attached hydrogens (tertiary/aromatic N) is 5. The van der Waals surface area contributed by atoms with E-state index in [0.29, 0.717) is 59.4 Å². The van der Waals surface area contributed by atoms with E-state index >= 15 is 0 Å². The first-order valence-corrected chi connectivity index (χ1v) is 16.4. The Morgan fingerprint density at radius 3 is 2.68 bits per heavy atom. The van der Waals surface area contributed by atoms with Crippen LogP contribution in [0.4, 0.5) is 24.8 Å². The minimum absolute atomic E-state index is 0.0550. The molecule has 0 unspecified atom stereocenters. The van der Waals surface area contributed by atoms with E-state index in [0.717, 1.165) is 30.4 Å². The van der Waals surface area contributed by atoms with Gasteiger partial charge in [0.15, 0.2) is 0 Å². The Morgan fingerprint density at radius 2 is 1.96 bits per heavy atom. The Morgan fingerprint density at radius 1 is 1.14 bits per heavy atom. The second-order valence-corrected chi connectivity index (χ2v) is 12.8. The molecule has 0 bridgehead atoms. The fourth-order valence-electron chi connectivity index (χ4n) is 6.51. The summed E-state index contributed by atoms with van der Waals surface area (Å²) in [6.07, 6.45) is -1.38. The van der Waals surface area contributed by atoms with Crippen LogP contribution in [0.25, 0.3) is 11.4 Å². The summed E-state index contributed by atoms with van der Waals surface area (Å²) in [4.78, 5) is 38.6. The van der Waals surface area contributed by atoms with Crippen molar-refractivity contribution >= 4 is 23.5 Å².